The van der Waals surface area contributed by atoms with E-state index in [4.69, 9.17) is 0 Å². The smallest absolute Gasteiger partial charge is 0.255 e. The molecule has 0 spiro atoms. The summed E-state index contributed by atoms with van der Waals surface area (Å²) < 4.78 is 0. The van der Waals surface area contributed by atoms with Gasteiger partial charge in [0.05, 0.1) is 6.54 Å². The Bertz CT molecular complexity index is 880. The first kappa shape index (κ1) is 21.5. The minimum Gasteiger partial charge on any atom is -0.342 e. The standard InChI is InChI=1S/C25H32N4O2/c30-24(29-14-4-5-15-29)20-28-13-7-12-27(16-17-28)19-21-8-6-9-22(18-21)25(31)26-23-10-2-1-3-11-23/h1-3,6,8-11,18H,4-5,7,12-17,19-20H2,(H,26,31). The molecule has 1 N–H and O–H groups in total. The zero-order valence-corrected chi connectivity index (χ0v) is 18.1. The molecule has 31 heavy (non-hydrogen) atoms. The predicted octanol–water partition coefficient (Wildman–Crippen LogP) is 3.07. The van der Waals surface area contributed by atoms with E-state index in [1.165, 1.54) is 0 Å². The lowest BCUT2D eigenvalue weighted by atomic mass is 10.1. The van der Waals surface area contributed by atoms with Gasteiger partial charge in [0.25, 0.3) is 5.91 Å². The van der Waals surface area contributed by atoms with Gasteiger partial charge in [-0.25, -0.2) is 0 Å². The van der Waals surface area contributed by atoms with Gasteiger partial charge in [-0.15, -0.1) is 0 Å². The Balaban J connectivity index is 1.29. The van der Waals surface area contributed by atoms with Crippen molar-refractivity contribution in [3.05, 3.63) is 65.7 Å². The van der Waals surface area contributed by atoms with Crippen LogP contribution in [0.15, 0.2) is 54.6 Å². The quantitative estimate of drug-likeness (QED) is 0.780. The topological polar surface area (TPSA) is 55.9 Å². The van der Waals surface area contributed by atoms with Crippen LogP contribution >= 0.6 is 0 Å². The molecule has 0 saturated carbocycles. The molecule has 6 nitrogen and oxygen atoms in total. The van der Waals surface area contributed by atoms with Gasteiger partial charge in [-0.1, -0.05) is 30.3 Å². The SMILES string of the molecule is O=C(Nc1ccccc1)c1cccc(CN2CCCN(CC(=O)N3CCCC3)CC2)c1. The summed E-state index contributed by atoms with van der Waals surface area (Å²) in [6.07, 6.45) is 3.34. The summed E-state index contributed by atoms with van der Waals surface area (Å²) in [7, 11) is 0. The number of carbonyl (C=O) groups is 2. The molecule has 0 aliphatic carbocycles. The van der Waals surface area contributed by atoms with Gasteiger partial charge >= 0.3 is 0 Å². The van der Waals surface area contributed by atoms with Crippen LogP contribution in [0.5, 0.6) is 0 Å². The summed E-state index contributed by atoms with van der Waals surface area (Å²) in [6.45, 7) is 7.04. The molecule has 2 aliphatic heterocycles. The van der Waals surface area contributed by atoms with Crippen LogP contribution in [0.4, 0.5) is 5.69 Å². The summed E-state index contributed by atoms with van der Waals surface area (Å²) in [5.74, 6) is 0.193. The molecule has 2 aromatic rings. The van der Waals surface area contributed by atoms with E-state index in [2.05, 4.69) is 21.2 Å². The number of likely N-dealkylation sites (tertiary alicyclic amines) is 1. The Morgan fingerprint density at radius 3 is 2.32 bits per heavy atom. The summed E-state index contributed by atoms with van der Waals surface area (Å²) >= 11 is 0. The number of hydrogen-bond acceptors (Lipinski definition) is 4. The molecule has 0 aromatic heterocycles. The van der Waals surface area contributed by atoms with Crippen LogP contribution in [-0.2, 0) is 11.3 Å². The minimum absolute atomic E-state index is 0.0875. The maximum absolute atomic E-state index is 12.6. The minimum atomic E-state index is -0.0875. The fraction of sp³-hybridized carbons (Fsp3) is 0.440. The number of nitrogens with zero attached hydrogens (tertiary/aromatic N) is 3. The molecule has 0 unspecified atom stereocenters. The van der Waals surface area contributed by atoms with E-state index in [9.17, 15) is 9.59 Å². The van der Waals surface area contributed by atoms with Crippen molar-refractivity contribution in [1.29, 1.82) is 0 Å². The first-order valence-electron chi connectivity index (χ1n) is 11.4. The number of para-hydroxylation sites is 1. The fourth-order valence-corrected chi connectivity index (χ4v) is 4.39. The second-order valence-electron chi connectivity index (χ2n) is 8.51. The third-order valence-corrected chi connectivity index (χ3v) is 6.13. The average Bonchev–Trinajstić information content (AvgIpc) is 3.25. The summed E-state index contributed by atoms with van der Waals surface area (Å²) in [5.41, 5.74) is 2.62. The van der Waals surface area contributed by atoms with Crippen molar-refractivity contribution < 1.29 is 9.59 Å². The van der Waals surface area contributed by atoms with Crippen molar-refractivity contribution in [2.45, 2.75) is 25.8 Å². The largest absolute Gasteiger partial charge is 0.342 e. The first-order chi connectivity index (χ1) is 15.2. The van der Waals surface area contributed by atoms with Gasteiger partial charge in [-0.05, 0) is 62.2 Å². The Hall–Kier alpha value is -2.70. The van der Waals surface area contributed by atoms with E-state index in [0.717, 1.165) is 76.3 Å². The van der Waals surface area contributed by atoms with Gasteiger partial charge in [-0.3, -0.25) is 19.4 Å². The van der Waals surface area contributed by atoms with E-state index in [1.807, 2.05) is 53.4 Å². The van der Waals surface area contributed by atoms with Crippen molar-refractivity contribution in [2.75, 3.05) is 51.1 Å². The number of hydrogen-bond donors (Lipinski definition) is 1. The number of anilines is 1. The lowest BCUT2D eigenvalue weighted by molar-refractivity contribution is -0.131. The zero-order chi connectivity index (χ0) is 21.5. The Kier molecular flexibility index (Phi) is 7.33. The maximum atomic E-state index is 12.6. The molecule has 2 aliphatic rings. The average molecular weight is 421 g/mol. The molecule has 4 rings (SSSR count). The van der Waals surface area contributed by atoms with Gasteiger partial charge in [0.15, 0.2) is 0 Å². The number of carbonyl (C=O) groups excluding carboxylic acids is 2. The number of benzene rings is 2. The summed E-state index contributed by atoms with van der Waals surface area (Å²) in [4.78, 5) is 31.8. The van der Waals surface area contributed by atoms with Gasteiger partial charge in [0.1, 0.15) is 0 Å². The molecule has 0 bridgehead atoms. The predicted molar refractivity (Wildman–Crippen MR) is 123 cm³/mol. The zero-order valence-electron chi connectivity index (χ0n) is 18.1. The van der Waals surface area contributed by atoms with Crippen LogP contribution in [-0.4, -0.2) is 72.3 Å². The van der Waals surface area contributed by atoms with Crippen molar-refractivity contribution in [2.24, 2.45) is 0 Å². The molecular weight excluding hydrogens is 388 g/mol. The molecule has 2 saturated heterocycles. The van der Waals surface area contributed by atoms with Crippen molar-refractivity contribution in [1.82, 2.24) is 14.7 Å². The molecule has 6 heteroatoms. The van der Waals surface area contributed by atoms with Crippen LogP contribution in [0.25, 0.3) is 0 Å². The molecule has 164 valence electrons. The van der Waals surface area contributed by atoms with Crippen LogP contribution in [0, 0.1) is 0 Å². The van der Waals surface area contributed by atoms with Gasteiger partial charge in [0.2, 0.25) is 5.91 Å². The van der Waals surface area contributed by atoms with Gasteiger partial charge in [0, 0.05) is 44.0 Å². The molecular formula is C25H32N4O2. The molecule has 0 atom stereocenters. The van der Waals surface area contributed by atoms with Crippen molar-refractivity contribution >= 4 is 17.5 Å². The van der Waals surface area contributed by atoms with Gasteiger partial charge in [-0.2, -0.15) is 0 Å². The highest BCUT2D eigenvalue weighted by molar-refractivity contribution is 6.04. The number of rotatable bonds is 6. The fourth-order valence-electron chi connectivity index (χ4n) is 4.39. The Morgan fingerprint density at radius 2 is 1.52 bits per heavy atom. The van der Waals surface area contributed by atoms with Crippen molar-refractivity contribution in [3.8, 4) is 0 Å². The van der Waals surface area contributed by atoms with E-state index >= 15 is 0 Å². The van der Waals surface area contributed by atoms with Crippen LogP contribution in [0.2, 0.25) is 0 Å². The molecule has 0 radical (unpaired) electrons. The second kappa shape index (κ2) is 10.6. The van der Waals surface area contributed by atoms with Crippen molar-refractivity contribution in [3.63, 3.8) is 0 Å². The second-order valence-corrected chi connectivity index (χ2v) is 8.51. The number of nitrogens with one attached hydrogen (secondary N) is 1. The van der Waals surface area contributed by atoms with E-state index in [0.29, 0.717) is 12.1 Å². The Labute approximate surface area is 184 Å². The highest BCUT2D eigenvalue weighted by atomic mass is 16.2. The normalized spacial score (nSPS) is 18.0. The maximum Gasteiger partial charge on any atom is 0.255 e. The Morgan fingerprint density at radius 1 is 0.774 bits per heavy atom. The molecule has 2 amide bonds. The van der Waals surface area contributed by atoms with E-state index < -0.39 is 0 Å². The molecule has 2 aromatic carbocycles. The summed E-state index contributed by atoms with van der Waals surface area (Å²) in [6, 6.07) is 17.4. The van der Waals surface area contributed by atoms with E-state index in [-0.39, 0.29) is 11.8 Å². The third-order valence-electron chi connectivity index (χ3n) is 6.13. The van der Waals surface area contributed by atoms with Crippen LogP contribution < -0.4 is 5.32 Å². The highest BCUT2D eigenvalue weighted by Crippen LogP contribution is 2.14. The third kappa shape index (κ3) is 6.15. The lowest BCUT2D eigenvalue weighted by Crippen LogP contribution is -2.40. The molecule has 2 fully saturated rings. The van der Waals surface area contributed by atoms with Crippen LogP contribution in [0.3, 0.4) is 0 Å². The molecule has 2 heterocycles. The summed E-state index contributed by atoms with van der Waals surface area (Å²) in [5, 5.41) is 2.95. The number of amides is 2. The van der Waals surface area contributed by atoms with Gasteiger partial charge < -0.3 is 10.2 Å². The lowest BCUT2D eigenvalue weighted by Gasteiger charge is -2.24. The monoisotopic (exact) mass is 420 g/mol. The van der Waals surface area contributed by atoms with E-state index in [1.54, 1.807) is 0 Å². The highest BCUT2D eigenvalue weighted by Gasteiger charge is 2.22. The van der Waals surface area contributed by atoms with Crippen LogP contribution in [0.1, 0.15) is 35.2 Å². The first-order valence-corrected chi connectivity index (χ1v) is 11.4.